The zero-order valence-corrected chi connectivity index (χ0v) is 34.1. The molecule has 0 aliphatic heterocycles. The molecule has 0 bridgehead atoms. The van der Waals surface area contributed by atoms with E-state index in [1.165, 1.54) is 71.3 Å². The number of fused-ring (bicyclic) bond motifs is 14. The minimum absolute atomic E-state index is 0.698. The highest BCUT2D eigenvalue weighted by Gasteiger charge is 2.49. The smallest absolute Gasteiger partial charge is 0.144 e. The maximum Gasteiger partial charge on any atom is 0.144 e. The van der Waals surface area contributed by atoms with Gasteiger partial charge in [0.05, 0.1) is 5.41 Å². The van der Waals surface area contributed by atoms with E-state index in [9.17, 15) is 0 Å². The second kappa shape index (κ2) is 12.9. The van der Waals surface area contributed by atoms with Gasteiger partial charge in [0.25, 0.3) is 0 Å². The molecule has 1 aliphatic rings. The molecule has 2 heterocycles. The average molecular weight is 801 g/mol. The van der Waals surface area contributed by atoms with Crippen LogP contribution < -0.4 is 0 Å². The van der Waals surface area contributed by atoms with Crippen LogP contribution in [-0.4, -0.2) is 0 Å². The van der Waals surface area contributed by atoms with Crippen LogP contribution >= 0.6 is 0 Å². The van der Waals surface area contributed by atoms with E-state index in [1.54, 1.807) is 0 Å². The van der Waals surface area contributed by atoms with E-state index < -0.39 is 5.41 Å². The van der Waals surface area contributed by atoms with Gasteiger partial charge in [-0.25, -0.2) is 0 Å². The van der Waals surface area contributed by atoms with Crippen molar-refractivity contribution in [1.82, 2.24) is 0 Å². The van der Waals surface area contributed by atoms with E-state index in [0.29, 0.717) is 0 Å². The van der Waals surface area contributed by atoms with Crippen LogP contribution in [0.2, 0.25) is 0 Å². The fourth-order valence-electron chi connectivity index (χ4n) is 11.5. The molecule has 0 atom stereocenters. The van der Waals surface area contributed by atoms with Crippen molar-refractivity contribution in [3.05, 3.63) is 241 Å². The van der Waals surface area contributed by atoms with Crippen LogP contribution in [0.15, 0.2) is 227 Å². The molecule has 292 valence electrons. The molecule has 13 aromatic rings. The predicted octanol–water partition coefficient (Wildman–Crippen LogP) is 16.6. The van der Waals surface area contributed by atoms with Crippen molar-refractivity contribution >= 4 is 76.2 Å². The highest BCUT2D eigenvalue weighted by molar-refractivity contribution is 6.29. The third-order valence-electron chi connectivity index (χ3n) is 13.9. The Morgan fingerprint density at radius 3 is 1.41 bits per heavy atom. The Balaban J connectivity index is 1.23. The highest BCUT2D eigenvalue weighted by Crippen LogP contribution is 2.63. The molecule has 11 aromatic carbocycles. The number of rotatable bonds is 4. The van der Waals surface area contributed by atoms with Crippen LogP contribution in [0.25, 0.3) is 110 Å². The molecule has 0 saturated carbocycles. The number of furan rings is 2. The molecule has 0 spiro atoms. The molecular weight excluding hydrogens is 765 g/mol. The van der Waals surface area contributed by atoms with Crippen LogP contribution in [-0.2, 0) is 5.41 Å². The van der Waals surface area contributed by atoms with E-state index in [2.05, 4.69) is 218 Å². The molecule has 2 heteroatoms. The van der Waals surface area contributed by atoms with E-state index in [0.717, 1.165) is 60.6 Å². The monoisotopic (exact) mass is 800 g/mol. The summed E-state index contributed by atoms with van der Waals surface area (Å²) in [6.45, 7) is 0. The number of hydrogen-bond donors (Lipinski definition) is 0. The quantitative estimate of drug-likeness (QED) is 0.166. The molecule has 14 rings (SSSR count). The van der Waals surface area contributed by atoms with Crippen molar-refractivity contribution in [3.63, 3.8) is 0 Å². The Morgan fingerprint density at radius 2 is 0.778 bits per heavy atom. The maximum atomic E-state index is 7.35. The van der Waals surface area contributed by atoms with E-state index in [-0.39, 0.29) is 0 Å². The summed E-state index contributed by atoms with van der Waals surface area (Å²) in [6.07, 6.45) is 0. The summed E-state index contributed by atoms with van der Waals surface area (Å²) in [5.74, 6) is 0. The molecule has 0 N–H and O–H groups in total. The van der Waals surface area contributed by atoms with Gasteiger partial charge in [0, 0.05) is 32.7 Å². The van der Waals surface area contributed by atoms with Crippen molar-refractivity contribution in [2.75, 3.05) is 0 Å². The zero-order valence-electron chi connectivity index (χ0n) is 34.1. The standard InChI is InChI=1S/C61H36O2/c1-3-20-38(21-4-1)61(39-22-5-2-6-23-39)49-34-35-53-57(47-30-14-15-32-51(47)62-53)58(49)59-50(61)36-48(56-46-29-13-16-33-52(46)63-60(56)59)55-44-27-11-9-25-42(44)54(43-26-10-12-28-45(43)55)41-31-17-19-37-18-7-8-24-40(37)41/h1-36H. The number of benzene rings is 11. The number of hydrogen-bond acceptors (Lipinski definition) is 2. The van der Waals surface area contributed by atoms with Crippen LogP contribution in [0.5, 0.6) is 0 Å². The summed E-state index contributed by atoms with van der Waals surface area (Å²) in [5, 5.41) is 11.7. The molecule has 0 saturated heterocycles. The summed E-state index contributed by atoms with van der Waals surface area (Å²) in [6, 6.07) is 79.7. The summed E-state index contributed by atoms with van der Waals surface area (Å²) in [7, 11) is 0. The Bertz CT molecular complexity index is 3920. The molecule has 0 amide bonds. The van der Waals surface area contributed by atoms with Gasteiger partial charge in [-0.2, -0.15) is 0 Å². The van der Waals surface area contributed by atoms with Gasteiger partial charge in [-0.3, -0.25) is 0 Å². The number of para-hydroxylation sites is 2. The zero-order chi connectivity index (χ0) is 41.2. The molecular formula is C61H36O2. The fourth-order valence-corrected chi connectivity index (χ4v) is 11.5. The van der Waals surface area contributed by atoms with E-state index in [1.807, 2.05) is 0 Å². The Hall–Kier alpha value is -8.20. The third kappa shape index (κ3) is 4.57. The lowest BCUT2D eigenvalue weighted by Gasteiger charge is -2.34. The summed E-state index contributed by atoms with van der Waals surface area (Å²) in [5.41, 5.74) is 14.7. The Kier molecular flexibility index (Phi) is 7.07. The van der Waals surface area contributed by atoms with Gasteiger partial charge in [-0.05, 0) is 101 Å². The Labute approximate surface area is 362 Å². The molecule has 1 aliphatic carbocycles. The first kappa shape index (κ1) is 34.5. The first-order valence-corrected chi connectivity index (χ1v) is 21.8. The molecule has 0 fully saturated rings. The molecule has 0 unspecified atom stereocenters. The fraction of sp³-hybridized carbons (Fsp3) is 0.0164. The SMILES string of the molecule is c1ccc(C2(c3ccccc3)c3cc(-c4c5ccccc5c(-c5cccc6ccccc56)c5ccccc45)c4c(oc5ccccc54)c3-c3c2ccc2oc4ccccc4c32)cc1. The molecule has 63 heavy (non-hydrogen) atoms. The second-order valence-corrected chi connectivity index (χ2v) is 17.0. The van der Waals surface area contributed by atoms with Gasteiger partial charge in [-0.1, -0.05) is 194 Å². The molecule has 2 aromatic heterocycles. The van der Waals surface area contributed by atoms with Gasteiger partial charge in [-0.15, -0.1) is 0 Å². The average Bonchev–Trinajstić information content (AvgIpc) is 4.02. The maximum absolute atomic E-state index is 7.35. The first-order valence-electron chi connectivity index (χ1n) is 21.8. The van der Waals surface area contributed by atoms with Crippen LogP contribution in [0, 0.1) is 0 Å². The minimum atomic E-state index is -0.698. The van der Waals surface area contributed by atoms with Gasteiger partial charge in [0.15, 0.2) is 0 Å². The van der Waals surface area contributed by atoms with Crippen LogP contribution in [0.3, 0.4) is 0 Å². The second-order valence-electron chi connectivity index (χ2n) is 17.0. The lowest BCUT2D eigenvalue weighted by atomic mass is 9.67. The third-order valence-corrected chi connectivity index (χ3v) is 13.9. The largest absolute Gasteiger partial charge is 0.456 e. The first-order chi connectivity index (χ1) is 31.3. The summed E-state index contributed by atoms with van der Waals surface area (Å²) >= 11 is 0. The lowest BCUT2D eigenvalue weighted by Crippen LogP contribution is -2.28. The highest BCUT2D eigenvalue weighted by atomic mass is 16.3. The van der Waals surface area contributed by atoms with Gasteiger partial charge in [0.1, 0.15) is 22.3 Å². The van der Waals surface area contributed by atoms with Crippen molar-refractivity contribution in [3.8, 4) is 33.4 Å². The van der Waals surface area contributed by atoms with Crippen LogP contribution in [0.1, 0.15) is 22.3 Å². The topological polar surface area (TPSA) is 26.3 Å². The Morgan fingerprint density at radius 1 is 0.286 bits per heavy atom. The summed E-state index contributed by atoms with van der Waals surface area (Å²) in [4.78, 5) is 0. The van der Waals surface area contributed by atoms with Crippen molar-refractivity contribution in [1.29, 1.82) is 0 Å². The van der Waals surface area contributed by atoms with Gasteiger partial charge < -0.3 is 8.83 Å². The van der Waals surface area contributed by atoms with Gasteiger partial charge >= 0.3 is 0 Å². The van der Waals surface area contributed by atoms with Crippen molar-refractivity contribution in [2.45, 2.75) is 5.41 Å². The van der Waals surface area contributed by atoms with Gasteiger partial charge in [0.2, 0.25) is 0 Å². The molecule has 0 radical (unpaired) electrons. The molecule has 2 nitrogen and oxygen atoms in total. The predicted molar refractivity (Wildman–Crippen MR) is 262 cm³/mol. The van der Waals surface area contributed by atoms with E-state index >= 15 is 0 Å². The van der Waals surface area contributed by atoms with Crippen molar-refractivity contribution in [2.24, 2.45) is 0 Å². The lowest BCUT2D eigenvalue weighted by molar-refractivity contribution is 0.668. The van der Waals surface area contributed by atoms with E-state index in [4.69, 9.17) is 8.83 Å². The summed E-state index contributed by atoms with van der Waals surface area (Å²) < 4.78 is 14.0. The van der Waals surface area contributed by atoms with Crippen molar-refractivity contribution < 1.29 is 8.83 Å². The minimum Gasteiger partial charge on any atom is -0.456 e. The van der Waals surface area contributed by atoms with Crippen LogP contribution in [0.4, 0.5) is 0 Å². The normalized spacial score (nSPS) is 13.2.